The van der Waals surface area contributed by atoms with Gasteiger partial charge in [-0.1, -0.05) is 0 Å². The molecule has 10 heteroatoms. The second-order valence-corrected chi connectivity index (χ2v) is 8.53. The number of nitrogens with zero attached hydrogens (tertiary/aromatic N) is 1. The normalized spacial score (nSPS) is 23.6. The van der Waals surface area contributed by atoms with Gasteiger partial charge in [0.05, 0.1) is 13.2 Å². The van der Waals surface area contributed by atoms with E-state index in [4.69, 9.17) is 9.84 Å². The van der Waals surface area contributed by atoms with Crippen LogP contribution in [0.15, 0.2) is 23.1 Å². The molecule has 1 atom stereocenters. The summed E-state index contributed by atoms with van der Waals surface area (Å²) in [5.41, 5.74) is 0. The van der Waals surface area contributed by atoms with E-state index in [1.165, 1.54) is 0 Å². The maximum atomic E-state index is 14.1. The number of hydrogen-bond donors (Lipinski definition) is 1. The Morgan fingerprint density at radius 1 is 1.31 bits per heavy atom. The van der Waals surface area contributed by atoms with Crippen molar-refractivity contribution in [3.63, 3.8) is 0 Å². The summed E-state index contributed by atoms with van der Waals surface area (Å²) in [7, 11) is -4.47. The van der Waals surface area contributed by atoms with Gasteiger partial charge in [-0.25, -0.2) is 21.6 Å². The summed E-state index contributed by atoms with van der Waals surface area (Å²) in [5, 5.41) is 8.87. The molecule has 0 aromatic heterocycles. The second-order valence-electron chi connectivity index (χ2n) is 6.62. The number of rotatable bonds is 6. The van der Waals surface area contributed by atoms with Crippen molar-refractivity contribution in [2.24, 2.45) is 11.8 Å². The molecule has 0 spiro atoms. The lowest BCUT2D eigenvalue weighted by Gasteiger charge is -2.35. The number of carbonyl (C=O) groups is 1. The molecule has 1 saturated heterocycles. The Labute approximate surface area is 148 Å². The first-order valence-corrected chi connectivity index (χ1v) is 9.58. The molecule has 1 aliphatic heterocycles. The number of hydrogen-bond acceptors (Lipinski definition) is 4. The summed E-state index contributed by atoms with van der Waals surface area (Å²) in [6.07, 6.45) is 1.38. The van der Waals surface area contributed by atoms with Crippen molar-refractivity contribution >= 4 is 16.0 Å². The number of aliphatic carboxylic acids is 1. The molecule has 1 aromatic carbocycles. The van der Waals surface area contributed by atoms with E-state index in [-0.39, 0.29) is 12.4 Å². The molecule has 1 N–H and O–H groups in total. The van der Waals surface area contributed by atoms with Gasteiger partial charge in [0.25, 0.3) is 5.92 Å². The van der Waals surface area contributed by atoms with Crippen LogP contribution in [0.1, 0.15) is 19.3 Å². The highest BCUT2D eigenvalue weighted by Crippen LogP contribution is 2.38. The highest BCUT2D eigenvalue weighted by atomic mass is 32.2. The maximum absolute atomic E-state index is 14.1. The van der Waals surface area contributed by atoms with Crippen molar-refractivity contribution in [2.75, 3.05) is 19.7 Å². The Morgan fingerprint density at radius 3 is 2.58 bits per heavy atom. The number of carboxylic acids is 1. The van der Waals surface area contributed by atoms with Gasteiger partial charge in [-0.15, -0.1) is 0 Å². The number of halogens is 3. The molecule has 26 heavy (non-hydrogen) atoms. The molecule has 3 rings (SSSR count). The van der Waals surface area contributed by atoms with Crippen LogP contribution in [0.5, 0.6) is 5.75 Å². The first-order valence-electron chi connectivity index (χ1n) is 8.14. The fourth-order valence-corrected chi connectivity index (χ4v) is 4.46. The van der Waals surface area contributed by atoms with Crippen molar-refractivity contribution in [1.29, 1.82) is 0 Å². The Hall–Kier alpha value is -1.81. The molecule has 0 bridgehead atoms. The van der Waals surface area contributed by atoms with Gasteiger partial charge in [-0.05, 0) is 43.4 Å². The van der Waals surface area contributed by atoms with E-state index in [0.717, 1.165) is 31.0 Å². The monoisotopic (exact) mass is 393 g/mol. The van der Waals surface area contributed by atoms with E-state index >= 15 is 0 Å². The zero-order valence-electron chi connectivity index (χ0n) is 13.7. The molecule has 144 valence electrons. The van der Waals surface area contributed by atoms with Crippen LogP contribution in [0.25, 0.3) is 0 Å². The van der Waals surface area contributed by atoms with E-state index in [0.29, 0.717) is 10.2 Å². The van der Waals surface area contributed by atoms with Crippen LogP contribution in [0, 0.1) is 17.7 Å². The number of sulfonamides is 1. The van der Waals surface area contributed by atoms with Crippen LogP contribution in [-0.2, 0) is 14.8 Å². The van der Waals surface area contributed by atoms with Crippen LogP contribution in [0.4, 0.5) is 13.2 Å². The predicted octanol–water partition coefficient (Wildman–Crippen LogP) is 2.35. The van der Waals surface area contributed by atoms with E-state index in [2.05, 4.69) is 0 Å². The van der Waals surface area contributed by atoms with Crippen molar-refractivity contribution in [3.05, 3.63) is 24.0 Å². The highest BCUT2D eigenvalue weighted by molar-refractivity contribution is 7.89. The zero-order valence-corrected chi connectivity index (χ0v) is 14.5. The van der Waals surface area contributed by atoms with Gasteiger partial charge < -0.3 is 9.84 Å². The summed E-state index contributed by atoms with van der Waals surface area (Å²) in [5.74, 6) is -7.97. The summed E-state index contributed by atoms with van der Waals surface area (Å²) < 4.78 is 73.3. The van der Waals surface area contributed by atoms with Crippen molar-refractivity contribution < 1.29 is 36.2 Å². The van der Waals surface area contributed by atoms with Crippen LogP contribution in [0.2, 0.25) is 0 Å². The molecule has 0 amide bonds. The fourth-order valence-electron chi connectivity index (χ4n) is 2.85. The minimum absolute atomic E-state index is 0.0954. The quantitative estimate of drug-likeness (QED) is 0.802. The molecule has 2 fully saturated rings. The van der Waals surface area contributed by atoms with Crippen LogP contribution in [0.3, 0.4) is 0 Å². The summed E-state index contributed by atoms with van der Waals surface area (Å²) in [6.45, 7) is -1.40. The molecule has 1 saturated carbocycles. The smallest absolute Gasteiger partial charge is 0.312 e. The lowest BCUT2D eigenvalue weighted by molar-refractivity contribution is -0.163. The first kappa shape index (κ1) is 19.0. The number of alkyl halides is 2. The molecular weight excluding hydrogens is 375 g/mol. The third-order valence-electron chi connectivity index (χ3n) is 4.56. The summed E-state index contributed by atoms with van der Waals surface area (Å²) in [4.78, 5) is 10.4. The Morgan fingerprint density at radius 2 is 2.00 bits per heavy atom. The maximum Gasteiger partial charge on any atom is 0.312 e. The van der Waals surface area contributed by atoms with Gasteiger partial charge in [-0.3, -0.25) is 4.79 Å². The van der Waals surface area contributed by atoms with Gasteiger partial charge in [0.15, 0.2) is 0 Å². The fraction of sp³-hybridized carbons (Fsp3) is 0.562. The third-order valence-corrected chi connectivity index (χ3v) is 6.42. The molecule has 2 aliphatic rings. The SMILES string of the molecule is O=C(O)C1CCN(S(=O)(=O)c2cc(F)ccc2OCC2CC2)CC1(F)F. The molecule has 6 nitrogen and oxygen atoms in total. The zero-order chi connectivity index (χ0) is 19.1. The van der Waals surface area contributed by atoms with Crippen molar-refractivity contribution in [3.8, 4) is 5.75 Å². The summed E-state index contributed by atoms with van der Waals surface area (Å²) in [6, 6.07) is 2.93. The van der Waals surface area contributed by atoms with Gasteiger partial charge in [0, 0.05) is 6.54 Å². The molecule has 1 aromatic rings. The number of benzene rings is 1. The molecule has 1 unspecified atom stereocenters. The number of ether oxygens (including phenoxy) is 1. The average Bonchev–Trinajstić information content (AvgIpc) is 3.36. The van der Waals surface area contributed by atoms with Crippen LogP contribution < -0.4 is 4.74 Å². The van der Waals surface area contributed by atoms with Gasteiger partial charge in [0.2, 0.25) is 10.0 Å². The lowest BCUT2D eigenvalue weighted by atomic mass is 9.94. The van der Waals surface area contributed by atoms with Crippen LogP contribution in [-0.4, -0.2) is 49.4 Å². The molecule has 0 radical (unpaired) electrons. The Bertz CT molecular complexity index is 810. The largest absolute Gasteiger partial charge is 0.492 e. The van der Waals surface area contributed by atoms with Crippen molar-refractivity contribution in [1.82, 2.24) is 4.31 Å². The van der Waals surface area contributed by atoms with Gasteiger partial charge >= 0.3 is 5.97 Å². The third kappa shape index (κ3) is 3.80. The summed E-state index contributed by atoms with van der Waals surface area (Å²) >= 11 is 0. The Balaban J connectivity index is 1.88. The van der Waals surface area contributed by atoms with Crippen LogP contribution >= 0.6 is 0 Å². The van der Waals surface area contributed by atoms with E-state index in [1.807, 2.05) is 0 Å². The van der Waals surface area contributed by atoms with E-state index < -0.39 is 58.1 Å². The molecule has 1 heterocycles. The minimum atomic E-state index is -4.47. The predicted molar refractivity (Wildman–Crippen MR) is 84.1 cm³/mol. The van der Waals surface area contributed by atoms with Crippen molar-refractivity contribution in [2.45, 2.75) is 30.1 Å². The second kappa shape index (κ2) is 6.73. The molecule has 1 aliphatic carbocycles. The minimum Gasteiger partial charge on any atom is -0.492 e. The van der Waals surface area contributed by atoms with E-state index in [1.54, 1.807) is 0 Å². The van der Waals surface area contributed by atoms with Gasteiger partial charge in [-0.2, -0.15) is 4.31 Å². The number of carboxylic acid groups (broad SMARTS) is 1. The lowest BCUT2D eigenvalue weighted by Crippen LogP contribution is -2.52. The first-order chi connectivity index (χ1) is 12.1. The highest BCUT2D eigenvalue weighted by Gasteiger charge is 2.51. The topological polar surface area (TPSA) is 83.9 Å². The average molecular weight is 393 g/mol. The van der Waals surface area contributed by atoms with E-state index in [9.17, 15) is 26.4 Å². The molecular formula is C16H18F3NO5S. The Kier molecular flexibility index (Phi) is 4.91. The standard InChI is InChI=1S/C16H18F3NO5S/c17-11-3-4-13(25-8-10-1-2-10)14(7-11)26(23,24)20-6-5-12(15(21)22)16(18,19)9-20/h3-4,7,10,12H,1-2,5-6,8-9H2,(H,21,22). The van der Waals surface area contributed by atoms with Gasteiger partial charge in [0.1, 0.15) is 22.4 Å². The number of piperidine rings is 1.